The molecule has 0 aliphatic carbocycles. The SMILES string of the molecule is COC(=O)C1CN(C)CC1NC(=O)C1CCC(N2CCNC2)NN1. The molecule has 3 aliphatic rings. The quantitative estimate of drug-likeness (QED) is 0.423. The lowest BCUT2D eigenvalue weighted by atomic mass is 10.0. The molecule has 3 rings (SSSR count). The fourth-order valence-electron chi connectivity index (χ4n) is 3.75. The monoisotopic (exact) mass is 340 g/mol. The number of hydrogen-bond donors (Lipinski definition) is 4. The Morgan fingerprint density at radius 3 is 2.67 bits per heavy atom. The molecular weight excluding hydrogens is 312 g/mol. The number of hydrazine groups is 1. The van der Waals surface area contributed by atoms with Gasteiger partial charge >= 0.3 is 5.97 Å². The minimum absolute atomic E-state index is 0.0605. The van der Waals surface area contributed by atoms with E-state index in [0.717, 1.165) is 32.6 Å². The average Bonchev–Trinajstić information content (AvgIpc) is 3.24. The highest BCUT2D eigenvalue weighted by Gasteiger charge is 2.39. The zero-order valence-electron chi connectivity index (χ0n) is 14.4. The van der Waals surface area contributed by atoms with Crippen LogP contribution >= 0.6 is 0 Å². The standard InChI is InChI=1S/C15H28N6O3/c1-20-7-10(15(23)24-2)12(8-20)17-14(22)11-3-4-13(19-18-11)21-6-5-16-9-21/h10-13,16,18-19H,3-9H2,1-2H3,(H,17,22). The second-order valence-corrected chi connectivity index (χ2v) is 6.87. The molecule has 136 valence electrons. The Bertz CT molecular complexity index is 462. The molecule has 0 aromatic carbocycles. The third-order valence-corrected chi connectivity index (χ3v) is 5.13. The van der Waals surface area contributed by atoms with Crippen LogP contribution < -0.4 is 21.5 Å². The van der Waals surface area contributed by atoms with E-state index in [-0.39, 0.29) is 36.0 Å². The van der Waals surface area contributed by atoms with Crippen molar-refractivity contribution in [2.75, 3.05) is 47.0 Å². The number of carbonyl (C=O) groups is 2. The fraction of sp³-hybridized carbons (Fsp3) is 0.867. The number of likely N-dealkylation sites (N-methyl/N-ethyl adjacent to an activating group) is 1. The lowest BCUT2D eigenvalue weighted by Gasteiger charge is -2.35. The van der Waals surface area contributed by atoms with Gasteiger partial charge in [0.25, 0.3) is 0 Å². The molecule has 0 radical (unpaired) electrons. The van der Waals surface area contributed by atoms with Gasteiger partial charge in [-0.25, -0.2) is 10.9 Å². The first-order valence-corrected chi connectivity index (χ1v) is 8.61. The Hall–Kier alpha value is -1.26. The summed E-state index contributed by atoms with van der Waals surface area (Å²) in [5.74, 6) is -0.625. The molecule has 4 atom stereocenters. The van der Waals surface area contributed by atoms with Crippen LogP contribution in [0, 0.1) is 5.92 Å². The number of likely N-dealkylation sites (tertiary alicyclic amines) is 1. The topological polar surface area (TPSA) is 98.0 Å². The molecule has 9 nitrogen and oxygen atoms in total. The molecule has 0 bridgehead atoms. The van der Waals surface area contributed by atoms with E-state index in [9.17, 15) is 9.59 Å². The molecule has 3 fully saturated rings. The van der Waals surface area contributed by atoms with Gasteiger partial charge in [-0.3, -0.25) is 14.5 Å². The van der Waals surface area contributed by atoms with Gasteiger partial charge in [-0.2, -0.15) is 0 Å². The van der Waals surface area contributed by atoms with E-state index in [1.807, 2.05) is 11.9 Å². The highest BCUT2D eigenvalue weighted by molar-refractivity contribution is 5.83. The van der Waals surface area contributed by atoms with Crippen LogP contribution in [0.1, 0.15) is 12.8 Å². The number of ether oxygens (including phenoxy) is 1. The molecule has 3 heterocycles. The maximum atomic E-state index is 12.5. The molecule has 0 saturated carbocycles. The lowest BCUT2D eigenvalue weighted by molar-refractivity contribution is -0.145. The predicted molar refractivity (Wildman–Crippen MR) is 87.6 cm³/mol. The molecule has 24 heavy (non-hydrogen) atoms. The molecule has 0 spiro atoms. The normalized spacial score (nSPS) is 35.1. The molecule has 1 amide bonds. The van der Waals surface area contributed by atoms with Gasteiger partial charge in [0, 0.05) is 32.8 Å². The lowest BCUT2D eigenvalue weighted by Crippen LogP contribution is -2.62. The van der Waals surface area contributed by atoms with Crippen molar-refractivity contribution in [3.05, 3.63) is 0 Å². The van der Waals surface area contributed by atoms with E-state index >= 15 is 0 Å². The first-order chi connectivity index (χ1) is 11.6. The molecule has 3 aliphatic heterocycles. The van der Waals surface area contributed by atoms with Crippen molar-refractivity contribution < 1.29 is 14.3 Å². The third-order valence-electron chi connectivity index (χ3n) is 5.13. The average molecular weight is 340 g/mol. The van der Waals surface area contributed by atoms with Crippen molar-refractivity contribution in [1.29, 1.82) is 0 Å². The first kappa shape index (κ1) is 17.6. The Kier molecular flexibility index (Phi) is 5.67. The van der Waals surface area contributed by atoms with Crippen LogP contribution in [-0.2, 0) is 14.3 Å². The summed E-state index contributed by atoms with van der Waals surface area (Å²) in [4.78, 5) is 28.8. The molecule has 9 heteroatoms. The summed E-state index contributed by atoms with van der Waals surface area (Å²) < 4.78 is 4.85. The molecule has 3 saturated heterocycles. The number of esters is 1. The number of carbonyl (C=O) groups excluding carboxylic acids is 2. The second-order valence-electron chi connectivity index (χ2n) is 6.87. The summed E-state index contributed by atoms with van der Waals surface area (Å²) in [6.07, 6.45) is 1.94. The van der Waals surface area contributed by atoms with Crippen molar-refractivity contribution in [3.8, 4) is 0 Å². The van der Waals surface area contributed by atoms with Crippen molar-refractivity contribution in [3.63, 3.8) is 0 Å². The number of methoxy groups -OCH3 is 1. The number of hydrogen-bond acceptors (Lipinski definition) is 8. The Morgan fingerprint density at radius 2 is 2.04 bits per heavy atom. The molecule has 4 N–H and O–H groups in total. The zero-order chi connectivity index (χ0) is 17.1. The molecular formula is C15H28N6O3. The zero-order valence-corrected chi connectivity index (χ0v) is 14.4. The van der Waals surface area contributed by atoms with Gasteiger partial charge in [0.15, 0.2) is 0 Å². The van der Waals surface area contributed by atoms with E-state index in [1.54, 1.807) is 0 Å². The van der Waals surface area contributed by atoms with Crippen LogP contribution in [0.3, 0.4) is 0 Å². The second kappa shape index (κ2) is 7.75. The smallest absolute Gasteiger partial charge is 0.312 e. The van der Waals surface area contributed by atoms with Crippen molar-refractivity contribution >= 4 is 11.9 Å². The molecule has 0 aromatic rings. The van der Waals surface area contributed by atoms with Crippen molar-refractivity contribution in [2.45, 2.75) is 31.1 Å². The largest absolute Gasteiger partial charge is 0.469 e. The Labute approximate surface area is 142 Å². The van der Waals surface area contributed by atoms with Gasteiger partial charge in [-0.05, 0) is 19.9 Å². The minimum atomic E-state index is -0.302. The van der Waals surface area contributed by atoms with Crippen LogP contribution in [0.15, 0.2) is 0 Å². The Balaban J connectivity index is 1.49. The van der Waals surface area contributed by atoms with Gasteiger partial charge in [0.05, 0.1) is 25.2 Å². The van der Waals surface area contributed by atoms with Crippen LogP contribution in [-0.4, -0.2) is 86.9 Å². The number of nitrogens with one attached hydrogen (secondary N) is 4. The number of nitrogens with zero attached hydrogens (tertiary/aromatic N) is 2. The van der Waals surface area contributed by atoms with Crippen molar-refractivity contribution in [1.82, 2.24) is 31.3 Å². The maximum absolute atomic E-state index is 12.5. The van der Waals surface area contributed by atoms with Crippen LogP contribution in [0.2, 0.25) is 0 Å². The van der Waals surface area contributed by atoms with E-state index in [1.165, 1.54) is 7.11 Å². The van der Waals surface area contributed by atoms with Crippen molar-refractivity contribution in [2.24, 2.45) is 5.92 Å². The highest BCUT2D eigenvalue weighted by Crippen LogP contribution is 2.18. The summed E-state index contributed by atoms with van der Waals surface area (Å²) in [7, 11) is 3.33. The maximum Gasteiger partial charge on any atom is 0.312 e. The minimum Gasteiger partial charge on any atom is -0.469 e. The summed E-state index contributed by atoms with van der Waals surface area (Å²) in [5.41, 5.74) is 6.37. The number of rotatable bonds is 4. The summed E-state index contributed by atoms with van der Waals surface area (Å²) in [5, 5.41) is 6.33. The number of amides is 1. The van der Waals surface area contributed by atoms with Gasteiger partial charge in [-0.15, -0.1) is 0 Å². The first-order valence-electron chi connectivity index (χ1n) is 8.61. The van der Waals surface area contributed by atoms with Gasteiger partial charge in [0.2, 0.25) is 5.91 Å². The molecule has 0 aromatic heterocycles. The predicted octanol–water partition coefficient (Wildman–Crippen LogP) is -2.35. The van der Waals surface area contributed by atoms with E-state index < -0.39 is 0 Å². The highest BCUT2D eigenvalue weighted by atomic mass is 16.5. The summed E-state index contributed by atoms with van der Waals surface area (Å²) in [6, 6.07) is -0.474. The van der Waals surface area contributed by atoms with Gasteiger partial charge < -0.3 is 20.3 Å². The van der Waals surface area contributed by atoms with E-state index in [0.29, 0.717) is 13.1 Å². The van der Waals surface area contributed by atoms with Gasteiger partial charge in [0.1, 0.15) is 6.04 Å². The Morgan fingerprint density at radius 1 is 1.21 bits per heavy atom. The van der Waals surface area contributed by atoms with E-state index in [2.05, 4.69) is 26.4 Å². The fourth-order valence-corrected chi connectivity index (χ4v) is 3.75. The third kappa shape index (κ3) is 3.86. The van der Waals surface area contributed by atoms with Crippen LogP contribution in [0.5, 0.6) is 0 Å². The van der Waals surface area contributed by atoms with Gasteiger partial charge in [-0.1, -0.05) is 0 Å². The van der Waals surface area contributed by atoms with Crippen LogP contribution in [0.4, 0.5) is 0 Å². The summed E-state index contributed by atoms with van der Waals surface area (Å²) in [6.45, 7) is 4.18. The van der Waals surface area contributed by atoms with Crippen LogP contribution in [0.25, 0.3) is 0 Å². The summed E-state index contributed by atoms with van der Waals surface area (Å²) >= 11 is 0. The van der Waals surface area contributed by atoms with E-state index in [4.69, 9.17) is 4.74 Å². The molecule has 4 unspecified atom stereocenters.